The van der Waals surface area contributed by atoms with E-state index in [1.165, 1.54) is 0 Å². The van der Waals surface area contributed by atoms with Crippen molar-refractivity contribution in [2.24, 2.45) is 0 Å². The van der Waals surface area contributed by atoms with Crippen LogP contribution < -0.4 is 4.74 Å². The van der Waals surface area contributed by atoms with Crippen LogP contribution in [-0.4, -0.2) is 18.2 Å². The van der Waals surface area contributed by atoms with Gasteiger partial charge in [0.05, 0.1) is 26.0 Å². The van der Waals surface area contributed by atoms with E-state index in [0.717, 1.165) is 5.56 Å². The van der Waals surface area contributed by atoms with Crippen LogP contribution in [0, 0.1) is 11.3 Å². The summed E-state index contributed by atoms with van der Waals surface area (Å²) < 4.78 is 5.15. The topological polar surface area (TPSA) is 70.3 Å². The van der Waals surface area contributed by atoms with Gasteiger partial charge in [-0.1, -0.05) is 18.2 Å². The number of rotatable bonds is 5. The van der Waals surface area contributed by atoms with Crippen LogP contribution in [0.5, 0.6) is 5.75 Å². The molecule has 0 aliphatic heterocycles. The molecule has 0 heterocycles. The maximum absolute atomic E-state index is 10.6. The number of carbonyl (C=O) groups is 1. The Bertz CT molecular complexity index is 472. The minimum atomic E-state index is -0.873. The third-order valence-corrected chi connectivity index (χ3v) is 2.16. The molecule has 1 aromatic carbocycles. The minimum Gasteiger partial charge on any atom is -0.496 e. The van der Waals surface area contributed by atoms with Crippen LogP contribution in [0.25, 0.3) is 6.08 Å². The zero-order valence-electron chi connectivity index (χ0n) is 9.51. The van der Waals surface area contributed by atoms with Crippen molar-refractivity contribution in [3.8, 4) is 11.8 Å². The summed E-state index contributed by atoms with van der Waals surface area (Å²) in [5, 5.41) is 17.1. The van der Waals surface area contributed by atoms with Crippen molar-refractivity contribution in [3.05, 3.63) is 35.4 Å². The van der Waals surface area contributed by atoms with E-state index in [1.54, 1.807) is 37.5 Å². The molecule has 1 aromatic rings. The maximum atomic E-state index is 10.6. The van der Waals surface area contributed by atoms with Gasteiger partial charge in [-0.2, -0.15) is 5.26 Å². The molecule has 0 saturated heterocycles. The van der Waals surface area contributed by atoms with Crippen LogP contribution in [0.1, 0.15) is 17.5 Å². The summed E-state index contributed by atoms with van der Waals surface area (Å²) in [5.74, 6) is -0.213. The van der Waals surface area contributed by atoms with Gasteiger partial charge in [0.1, 0.15) is 5.75 Å². The lowest BCUT2D eigenvalue weighted by atomic mass is 10.1. The molecule has 0 amide bonds. The summed E-state index contributed by atoms with van der Waals surface area (Å²) in [6, 6.07) is 7.19. The molecule has 0 saturated carbocycles. The molecular weight excluding hydrogens is 218 g/mol. The lowest BCUT2D eigenvalue weighted by Crippen LogP contribution is -2.00. The van der Waals surface area contributed by atoms with Crippen LogP contribution >= 0.6 is 0 Å². The van der Waals surface area contributed by atoms with Crippen molar-refractivity contribution in [3.63, 3.8) is 0 Å². The SMILES string of the molecule is COc1ccc(CC(=O)O)cc1C=CCC#N. The summed E-state index contributed by atoms with van der Waals surface area (Å²) >= 11 is 0. The Balaban J connectivity index is 2.98. The van der Waals surface area contributed by atoms with Gasteiger partial charge in [0, 0.05) is 5.56 Å². The van der Waals surface area contributed by atoms with Crippen LogP contribution in [0.4, 0.5) is 0 Å². The van der Waals surface area contributed by atoms with Crippen molar-refractivity contribution in [2.75, 3.05) is 7.11 Å². The van der Waals surface area contributed by atoms with Crippen molar-refractivity contribution in [1.82, 2.24) is 0 Å². The monoisotopic (exact) mass is 231 g/mol. The van der Waals surface area contributed by atoms with Gasteiger partial charge in [-0.15, -0.1) is 0 Å². The molecule has 1 N–H and O–H groups in total. The number of hydrogen-bond acceptors (Lipinski definition) is 3. The van der Waals surface area contributed by atoms with E-state index in [9.17, 15) is 4.79 Å². The van der Waals surface area contributed by atoms with Crippen molar-refractivity contribution < 1.29 is 14.6 Å². The van der Waals surface area contributed by atoms with E-state index in [0.29, 0.717) is 17.7 Å². The van der Waals surface area contributed by atoms with Gasteiger partial charge in [0.25, 0.3) is 0 Å². The van der Waals surface area contributed by atoms with Crippen LogP contribution in [0.3, 0.4) is 0 Å². The molecule has 0 fully saturated rings. The van der Waals surface area contributed by atoms with Crippen molar-refractivity contribution >= 4 is 12.0 Å². The third-order valence-electron chi connectivity index (χ3n) is 2.16. The Hall–Kier alpha value is -2.28. The van der Waals surface area contributed by atoms with E-state index >= 15 is 0 Å². The Morgan fingerprint density at radius 1 is 1.59 bits per heavy atom. The molecular formula is C13H13NO3. The number of ether oxygens (including phenoxy) is 1. The predicted molar refractivity (Wildman–Crippen MR) is 63.6 cm³/mol. The lowest BCUT2D eigenvalue weighted by molar-refractivity contribution is -0.136. The fraction of sp³-hybridized carbons (Fsp3) is 0.231. The molecule has 0 atom stereocenters. The second kappa shape index (κ2) is 6.33. The molecule has 17 heavy (non-hydrogen) atoms. The van der Waals surface area contributed by atoms with E-state index in [4.69, 9.17) is 15.1 Å². The van der Waals surface area contributed by atoms with Gasteiger partial charge in [-0.25, -0.2) is 0 Å². The molecule has 0 bridgehead atoms. The largest absolute Gasteiger partial charge is 0.496 e. The molecule has 0 radical (unpaired) electrons. The highest BCUT2D eigenvalue weighted by atomic mass is 16.5. The van der Waals surface area contributed by atoms with E-state index in [2.05, 4.69) is 0 Å². The third kappa shape index (κ3) is 3.99. The normalized spacial score (nSPS) is 10.1. The summed E-state index contributed by atoms with van der Waals surface area (Å²) in [6.45, 7) is 0. The number of benzene rings is 1. The molecule has 0 unspecified atom stereocenters. The molecule has 88 valence electrons. The molecule has 0 aromatic heterocycles. The summed E-state index contributed by atoms with van der Waals surface area (Å²) in [7, 11) is 1.55. The summed E-state index contributed by atoms with van der Waals surface area (Å²) in [4.78, 5) is 10.6. The van der Waals surface area contributed by atoms with Crippen LogP contribution in [0.2, 0.25) is 0 Å². The molecule has 1 rings (SSSR count). The number of aliphatic carboxylic acids is 1. The second-order valence-electron chi connectivity index (χ2n) is 3.41. The molecule has 0 aliphatic rings. The van der Waals surface area contributed by atoms with E-state index in [1.807, 2.05) is 6.07 Å². The zero-order valence-corrected chi connectivity index (χ0v) is 9.51. The van der Waals surface area contributed by atoms with Gasteiger partial charge < -0.3 is 9.84 Å². The Morgan fingerprint density at radius 2 is 2.35 bits per heavy atom. The zero-order chi connectivity index (χ0) is 12.7. The highest BCUT2D eigenvalue weighted by Crippen LogP contribution is 2.21. The Labute approximate surface area is 99.8 Å². The number of carboxylic acid groups (broad SMARTS) is 1. The Morgan fingerprint density at radius 3 is 2.94 bits per heavy atom. The van der Waals surface area contributed by atoms with Crippen molar-refractivity contribution in [1.29, 1.82) is 5.26 Å². The van der Waals surface area contributed by atoms with E-state index < -0.39 is 5.97 Å². The quantitative estimate of drug-likeness (QED) is 0.843. The number of allylic oxidation sites excluding steroid dienone is 1. The first kappa shape index (κ1) is 12.8. The number of nitrogens with zero attached hydrogens (tertiary/aromatic N) is 1. The summed E-state index contributed by atoms with van der Waals surface area (Å²) in [5.41, 5.74) is 1.48. The fourth-order valence-corrected chi connectivity index (χ4v) is 1.44. The van der Waals surface area contributed by atoms with E-state index in [-0.39, 0.29) is 6.42 Å². The first-order valence-corrected chi connectivity index (χ1v) is 5.09. The first-order valence-electron chi connectivity index (χ1n) is 5.09. The minimum absolute atomic E-state index is 0.0247. The van der Waals surface area contributed by atoms with Gasteiger partial charge in [-0.05, 0) is 17.7 Å². The average molecular weight is 231 g/mol. The number of hydrogen-bond donors (Lipinski definition) is 1. The first-order chi connectivity index (χ1) is 8.17. The van der Waals surface area contributed by atoms with Gasteiger partial charge in [0.15, 0.2) is 0 Å². The second-order valence-corrected chi connectivity index (χ2v) is 3.41. The molecule has 0 spiro atoms. The highest BCUT2D eigenvalue weighted by Gasteiger charge is 2.04. The maximum Gasteiger partial charge on any atom is 0.307 e. The van der Waals surface area contributed by atoms with Crippen molar-refractivity contribution in [2.45, 2.75) is 12.8 Å². The van der Waals surface area contributed by atoms with Gasteiger partial charge >= 0.3 is 5.97 Å². The summed E-state index contributed by atoms with van der Waals surface area (Å²) in [6.07, 6.45) is 3.76. The number of carboxylic acids is 1. The van der Waals surface area contributed by atoms with Gasteiger partial charge in [-0.3, -0.25) is 4.79 Å². The van der Waals surface area contributed by atoms with Crippen LogP contribution in [-0.2, 0) is 11.2 Å². The fourth-order valence-electron chi connectivity index (χ4n) is 1.44. The number of nitriles is 1. The standard InChI is InChI=1S/C13H13NO3/c1-17-12-6-5-10(9-13(15)16)8-11(12)4-2-3-7-14/h2,4-6,8H,3,9H2,1H3,(H,15,16). The highest BCUT2D eigenvalue weighted by molar-refractivity contribution is 5.71. The molecule has 4 heteroatoms. The molecule has 4 nitrogen and oxygen atoms in total. The predicted octanol–water partition coefficient (Wildman–Crippen LogP) is 2.25. The lowest BCUT2D eigenvalue weighted by Gasteiger charge is -2.06. The van der Waals surface area contributed by atoms with Crippen LogP contribution in [0.15, 0.2) is 24.3 Å². The number of methoxy groups -OCH3 is 1. The van der Waals surface area contributed by atoms with Gasteiger partial charge in [0.2, 0.25) is 0 Å². The smallest absolute Gasteiger partial charge is 0.307 e. The average Bonchev–Trinajstić information content (AvgIpc) is 2.29. The Kier molecular flexibility index (Phi) is 4.77. The molecule has 0 aliphatic carbocycles.